The predicted octanol–water partition coefficient (Wildman–Crippen LogP) is 1.23. The minimum absolute atomic E-state index is 0.0950. The molecule has 0 bridgehead atoms. The molecule has 0 saturated carbocycles. The van der Waals surface area contributed by atoms with E-state index in [2.05, 4.69) is 47.9 Å². The van der Waals surface area contributed by atoms with E-state index in [1.165, 1.54) is 7.11 Å². The lowest BCUT2D eigenvalue weighted by atomic mass is 10.0. The van der Waals surface area contributed by atoms with Crippen LogP contribution >= 0.6 is 0 Å². The first kappa shape index (κ1) is 14.7. The fraction of sp³-hybridized carbons (Fsp3) is 0.615. The van der Waals surface area contributed by atoms with Crippen LogP contribution in [0.4, 0.5) is 0 Å². The van der Waals surface area contributed by atoms with Gasteiger partial charge in [-0.2, -0.15) is 0 Å². The first-order valence-corrected chi connectivity index (χ1v) is 6.01. The maximum atomic E-state index is 11.3. The van der Waals surface area contributed by atoms with Crippen molar-refractivity contribution in [2.75, 3.05) is 27.7 Å². The number of esters is 1. The Labute approximate surface area is 109 Å². The number of hydrogen-bond donors (Lipinski definition) is 2. The molecule has 1 aromatic heterocycles. The molecular formula is C13H23N3O2. The van der Waals surface area contributed by atoms with Crippen LogP contribution < -0.4 is 5.32 Å². The van der Waals surface area contributed by atoms with Crippen LogP contribution in [0.3, 0.4) is 0 Å². The zero-order valence-electron chi connectivity index (χ0n) is 11.8. The first-order chi connectivity index (χ1) is 8.36. The number of nitrogens with zero attached hydrogens (tertiary/aromatic N) is 1. The summed E-state index contributed by atoms with van der Waals surface area (Å²) < 4.78 is 4.64. The van der Waals surface area contributed by atoms with Crippen molar-refractivity contribution >= 4 is 5.97 Å². The molecule has 0 spiro atoms. The number of rotatable bonds is 6. The summed E-state index contributed by atoms with van der Waals surface area (Å²) in [5, 5.41) is 3.37. The highest BCUT2D eigenvalue weighted by molar-refractivity contribution is 5.87. The van der Waals surface area contributed by atoms with Crippen molar-refractivity contribution in [3.8, 4) is 0 Å². The smallest absolute Gasteiger partial charge is 0.354 e. The largest absolute Gasteiger partial charge is 0.464 e. The van der Waals surface area contributed by atoms with Gasteiger partial charge in [0.2, 0.25) is 0 Å². The fourth-order valence-corrected chi connectivity index (χ4v) is 1.43. The quantitative estimate of drug-likeness (QED) is 0.749. The predicted molar refractivity (Wildman–Crippen MR) is 71.6 cm³/mol. The molecule has 1 rings (SSSR count). The SMILES string of the molecule is COC(=O)c1ccc(CNCC(C)(C)N(C)C)[nH]1. The number of carbonyl (C=O) groups is 1. The lowest BCUT2D eigenvalue weighted by molar-refractivity contribution is 0.0594. The van der Waals surface area contributed by atoms with Gasteiger partial charge in [0.25, 0.3) is 0 Å². The van der Waals surface area contributed by atoms with Gasteiger partial charge in [-0.3, -0.25) is 0 Å². The van der Waals surface area contributed by atoms with Crippen LogP contribution in [0.2, 0.25) is 0 Å². The molecule has 18 heavy (non-hydrogen) atoms. The number of aromatic nitrogens is 1. The average Bonchev–Trinajstić information content (AvgIpc) is 2.76. The summed E-state index contributed by atoms with van der Waals surface area (Å²) in [5.41, 5.74) is 1.56. The third-order valence-corrected chi connectivity index (χ3v) is 3.24. The Morgan fingerprint density at radius 3 is 2.67 bits per heavy atom. The summed E-state index contributed by atoms with van der Waals surface area (Å²) in [6, 6.07) is 3.63. The number of carbonyl (C=O) groups excluding carboxylic acids is 1. The number of H-pyrrole nitrogens is 1. The molecule has 0 aliphatic carbocycles. The van der Waals surface area contributed by atoms with E-state index >= 15 is 0 Å². The Morgan fingerprint density at radius 2 is 2.11 bits per heavy atom. The highest BCUT2D eigenvalue weighted by Crippen LogP contribution is 2.09. The van der Waals surface area contributed by atoms with Crippen molar-refractivity contribution in [2.24, 2.45) is 0 Å². The van der Waals surface area contributed by atoms with Crippen LogP contribution in [-0.4, -0.2) is 49.1 Å². The second-order valence-electron chi connectivity index (χ2n) is 5.20. The molecule has 0 aliphatic rings. The van der Waals surface area contributed by atoms with Crippen LogP contribution in [-0.2, 0) is 11.3 Å². The van der Waals surface area contributed by atoms with Gasteiger partial charge >= 0.3 is 5.97 Å². The van der Waals surface area contributed by atoms with Crippen molar-refractivity contribution in [3.05, 3.63) is 23.5 Å². The number of hydrogen-bond acceptors (Lipinski definition) is 4. The molecule has 0 atom stereocenters. The van der Waals surface area contributed by atoms with Gasteiger partial charge in [0, 0.05) is 24.3 Å². The van der Waals surface area contributed by atoms with E-state index in [1.54, 1.807) is 6.07 Å². The number of likely N-dealkylation sites (N-methyl/N-ethyl adjacent to an activating group) is 1. The molecule has 0 aliphatic heterocycles. The van der Waals surface area contributed by atoms with Crippen molar-refractivity contribution in [1.29, 1.82) is 0 Å². The van der Waals surface area contributed by atoms with Gasteiger partial charge in [0.1, 0.15) is 5.69 Å². The van der Waals surface area contributed by atoms with Gasteiger partial charge in [-0.1, -0.05) is 0 Å². The molecule has 0 fully saturated rings. The van der Waals surface area contributed by atoms with Crippen LogP contribution in [0.1, 0.15) is 30.0 Å². The van der Waals surface area contributed by atoms with Gasteiger partial charge in [-0.05, 0) is 40.1 Å². The zero-order valence-corrected chi connectivity index (χ0v) is 11.8. The molecule has 5 nitrogen and oxygen atoms in total. The van der Waals surface area contributed by atoms with Crippen molar-refractivity contribution in [1.82, 2.24) is 15.2 Å². The van der Waals surface area contributed by atoms with E-state index in [-0.39, 0.29) is 11.5 Å². The summed E-state index contributed by atoms with van der Waals surface area (Å²) in [6.07, 6.45) is 0. The highest BCUT2D eigenvalue weighted by Gasteiger charge is 2.19. The molecule has 2 N–H and O–H groups in total. The molecular weight excluding hydrogens is 230 g/mol. The van der Waals surface area contributed by atoms with E-state index in [9.17, 15) is 4.79 Å². The Morgan fingerprint density at radius 1 is 1.44 bits per heavy atom. The number of aromatic amines is 1. The standard InChI is InChI=1S/C13H23N3O2/c1-13(2,16(3)4)9-14-8-10-6-7-11(15-10)12(17)18-5/h6-7,14-15H,8-9H2,1-5H3. The van der Waals surface area contributed by atoms with Crippen LogP contribution in [0, 0.1) is 0 Å². The topological polar surface area (TPSA) is 57.4 Å². The third kappa shape index (κ3) is 3.85. The van der Waals surface area contributed by atoms with E-state index in [1.807, 2.05) is 6.07 Å². The molecule has 1 heterocycles. The molecule has 0 amide bonds. The molecule has 0 saturated heterocycles. The second kappa shape index (κ2) is 6.02. The summed E-state index contributed by atoms with van der Waals surface area (Å²) in [5.74, 6) is -0.338. The Kier molecular flexibility index (Phi) is 4.93. The third-order valence-electron chi connectivity index (χ3n) is 3.24. The van der Waals surface area contributed by atoms with Gasteiger partial charge in [0.15, 0.2) is 0 Å². The van der Waals surface area contributed by atoms with Gasteiger partial charge < -0.3 is 19.9 Å². The average molecular weight is 253 g/mol. The minimum Gasteiger partial charge on any atom is -0.464 e. The fourth-order valence-electron chi connectivity index (χ4n) is 1.43. The Bertz CT molecular complexity index is 397. The maximum absolute atomic E-state index is 11.3. The van der Waals surface area contributed by atoms with Gasteiger partial charge in [-0.25, -0.2) is 4.79 Å². The maximum Gasteiger partial charge on any atom is 0.354 e. The van der Waals surface area contributed by atoms with Gasteiger partial charge in [-0.15, -0.1) is 0 Å². The number of nitrogens with one attached hydrogen (secondary N) is 2. The molecule has 0 radical (unpaired) electrons. The lowest BCUT2D eigenvalue weighted by Gasteiger charge is -2.32. The second-order valence-corrected chi connectivity index (χ2v) is 5.20. The van der Waals surface area contributed by atoms with Crippen LogP contribution in [0.25, 0.3) is 0 Å². The van der Waals surface area contributed by atoms with E-state index in [0.29, 0.717) is 12.2 Å². The van der Waals surface area contributed by atoms with Crippen molar-refractivity contribution in [2.45, 2.75) is 25.9 Å². The Hall–Kier alpha value is -1.33. The Balaban J connectivity index is 2.45. The monoisotopic (exact) mass is 253 g/mol. The molecule has 102 valence electrons. The summed E-state index contributed by atoms with van der Waals surface area (Å²) >= 11 is 0. The van der Waals surface area contributed by atoms with E-state index in [0.717, 1.165) is 12.2 Å². The molecule has 1 aromatic rings. The summed E-state index contributed by atoms with van der Waals surface area (Å²) in [4.78, 5) is 16.5. The molecule has 5 heteroatoms. The lowest BCUT2D eigenvalue weighted by Crippen LogP contribution is -2.46. The van der Waals surface area contributed by atoms with E-state index in [4.69, 9.17) is 0 Å². The first-order valence-electron chi connectivity index (χ1n) is 6.01. The number of ether oxygens (including phenoxy) is 1. The molecule has 0 aromatic carbocycles. The van der Waals surface area contributed by atoms with Gasteiger partial charge in [0.05, 0.1) is 7.11 Å². The van der Waals surface area contributed by atoms with Crippen LogP contribution in [0.5, 0.6) is 0 Å². The summed E-state index contributed by atoms with van der Waals surface area (Å²) in [6.45, 7) is 5.92. The highest BCUT2D eigenvalue weighted by atomic mass is 16.5. The van der Waals surface area contributed by atoms with E-state index < -0.39 is 0 Å². The molecule has 0 unspecified atom stereocenters. The summed E-state index contributed by atoms with van der Waals surface area (Å²) in [7, 11) is 5.50. The number of methoxy groups -OCH3 is 1. The minimum atomic E-state index is -0.338. The normalized spacial score (nSPS) is 11.9. The van der Waals surface area contributed by atoms with Crippen molar-refractivity contribution in [3.63, 3.8) is 0 Å². The zero-order chi connectivity index (χ0) is 13.8. The van der Waals surface area contributed by atoms with Crippen molar-refractivity contribution < 1.29 is 9.53 Å². The van der Waals surface area contributed by atoms with Crippen LogP contribution in [0.15, 0.2) is 12.1 Å².